The Morgan fingerprint density at radius 1 is 1.09 bits per heavy atom. The number of primary amides is 1. The first-order valence-corrected chi connectivity index (χ1v) is 10.5. The van der Waals surface area contributed by atoms with Crippen molar-refractivity contribution < 1.29 is 37.0 Å². The summed E-state index contributed by atoms with van der Waals surface area (Å²) in [5, 5.41) is 2.66. The molecule has 1 aromatic carbocycles. The third-order valence-corrected chi connectivity index (χ3v) is 5.23. The molecule has 2 atom stereocenters. The van der Waals surface area contributed by atoms with Crippen molar-refractivity contribution >= 4 is 17.4 Å². The highest BCUT2D eigenvalue weighted by atomic mass is 19.4. The zero-order valence-electron chi connectivity index (χ0n) is 17.8. The number of aromatic nitrogens is 2. The SMILES string of the molecule is NC(=O)c1cc(O[C@H]2CCNC2=O)nc(C2=CCC(Oc3ccc(OC(F)(F)F)cc3)CC2)n1. The lowest BCUT2D eigenvalue weighted by Crippen LogP contribution is -2.28. The van der Waals surface area contributed by atoms with E-state index in [2.05, 4.69) is 20.0 Å². The molecular weight excluding hydrogens is 457 g/mol. The summed E-state index contributed by atoms with van der Waals surface area (Å²) >= 11 is 0. The predicted octanol–water partition coefficient (Wildman–Crippen LogP) is 2.76. The number of amides is 2. The fourth-order valence-corrected chi connectivity index (χ4v) is 3.62. The van der Waals surface area contributed by atoms with Gasteiger partial charge >= 0.3 is 6.36 Å². The molecule has 1 unspecified atom stereocenters. The fourth-order valence-electron chi connectivity index (χ4n) is 3.62. The van der Waals surface area contributed by atoms with Gasteiger partial charge < -0.3 is 25.3 Å². The minimum Gasteiger partial charge on any atom is -0.490 e. The molecule has 3 N–H and O–H groups in total. The summed E-state index contributed by atoms with van der Waals surface area (Å²) in [5.41, 5.74) is 6.13. The molecule has 0 saturated carbocycles. The van der Waals surface area contributed by atoms with Gasteiger partial charge in [-0.2, -0.15) is 4.98 Å². The van der Waals surface area contributed by atoms with Gasteiger partial charge in [0.25, 0.3) is 11.8 Å². The van der Waals surface area contributed by atoms with E-state index in [1.807, 2.05) is 6.08 Å². The van der Waals surface area contributed by atoms with E-state index >= 15 is 0 Å². The lowest BCUT2D eigenvalue weighted by molar-refractivity contribution is -0.274. The lowest BCUT2D eigenvalue weighted by Gasteiger charge is -2.23. The molecule has 1 aliphatic heterocycles. The first kappa shape index (κ1) is 23.3. The average molecular weight is 478 g/mol. The summed E-state index contributed by atoms with van der Waals surface area (Å²) in [6.45, 7) is 0.495. The van der Waals surface area contributed by atoms with Crippen molar-refractivity contribution in [2.24, 2.45) is 5.73 Å². The second kappa shape index (κ2) is 9.57. The van der Waals surface area contributed by atoms with E-state index in [1.165, 1.54) is 30.3 Å². The first-order valence-electron chi connectivity index (χ1n) is 10.5. The van der Waals surface area contributed by atoms with Crippen LogP contribution in [0.15, 0.2) is 36.4 Å². The molecule has 1 aromatic heterocycles. The Kier molecular flexibility index (Phi) is 6.57. The van der Waals surface area contributed by atoms with E-state index in [0.717, 1.165) is 5.57 Å². The Morgan fingerprint density at radius 3 is 2.41 bits per heavy atom. The monoisotopic (exact) mass is 478 g/mol. The number of carbonyl (C=O) groups excluding carboxylic acids is 2. The molecule has 2 aromatic rings. The molecule has 1 saturated heterocycles. The number of allylic oxidation sites excluding steroid dienone is 1. The quantitative estimate of drug-likeness (QED) is 0.627. The van der Waals surface area contributed by atoms with Crippen molar-refractivity contribution in [2.75, 3.05) is 6.54 Å². The number of ether oxygens (including phenoxy) is 3. The number of halogens is 3. The van der Waals surface area contributed by atoms with Gasteiger partial charge in [0.2, 0.25) is 5.88 Å². The Balaban J connectivity index is 1.43. The first-order chi connectivity index (χ1) is 16.2. The Morgan fingerprint density at radius 2 is 1.82 bits per heavy atom. The average Bonchev–Trinajstić information content (AvgIpc) is 3.18. The van der Waals surface area contributed by atoms with Crippen LogP contribution in [-0.2, 0) is 4.79 Å². The standard InChI is InChI=1S/C22H21F3N4O5/c23-22(24,25)34-15-7-5-14(6-8-15)32-13-3-1-12(2-4-13)20-28-16(19(26)30)11-18(29-20)33-17-9-10-27-21(17)31/h1,5-8,11,13,17H,2-4,9-10H2,(H2,26,30)(H,27,31)/t13?,17-/m0/s1. The van der Waals surface area contributed by atoms with Crippen molar-refractivity contribution in [3.8, 4) is 17.4 Å². The summed E-state index contributed by atoms with van der Waals surface area (Å²) < 4.78 is 52.2. The Labute approximate surface area is 192 Å². The maximum atomic E-state index is 12.3. The van der Waals surface area contributed by atoms with E-state index in [-0.39, 0.29) is 35.2 Å². The normalized spacial score (nSPS) is 20.3. The van der Waals surface area contributed by atoms with Gasteiger partial charge in [0.1, 0.15) is 23.3 Å². The van der Waals surface area contributed by atoms with E-state index in [9.17, 15) is 22.8 Å². The lowest BCUT2D eigenvalue weighted by atomic mass is 9.96. The number of nitrogens with one attached hydrogen (secondary N) is 1. The summed E-state index contributed by atoms with van der Waals surface area (Å²) in [5.74, 6) is -0.562. The molecule has 2 heterocycles. The zero-order chi connectivity index (χ0) is 24.3. The minimum absolute atomic E-state index is 0.0288. The Hall–Kier alpha value is -3.83. The molecule has 0 bridgehead atoms. The molecule has 4 rings (SSSR count). The van der Waals surface area contributed by atoms with Crippen LogP contribution in [0.1, 0.15) is 42.0 Å². The highest BCUT2D eigenvalue weighted by Crippen LogP contribution is 2.30. The molecule has 0 radical (unpaired) electrons. The van der Waals surface area contributed by atoms with Gasteiger partial charge in [-0.25, -0.2) is 4.98 Å². The van der Waals surface area contributed by atoms with Crippen LogP contribution in [0.3, 0.4) is 0 Å². The number of carbonyl (C=O) groups is 2. The minimum atomic E-state index is -4.75. The van der Waals surface area contributed by atoms with Crippen LogP contribution in [0, 0.1) is 0 Å². The number of alkyl halides is 3. The Bertz CT molecular complexity index is 1100. The summed E-state index contributed by atoms with van der Waals surface area (Å²) in [4.78, 5) is 32.1. The van der Waals surface area contributed by atoms with Crippen molar-refractivity contribution in [1.29, 1.82) is 0 Å². The van der Waals surface area contributed by atoms with Crippen LogP contribution < -0.4 is 25.3 Å². The number of hydrogen-bond donors (Lipinski definition) is 2. The van der Waals surface area contributed by atoms with E-state index in [4.69, 9.17) is 15.2 Å². The smallest absolute Gasteiger partial charge is 0.490 e. The fraction of sp³-hybridized carbons (Fsp3) is 0.364. The second-order valence-electron chi connectivity index (χ2n) is 7.73. The number of nitrogens with two attached hydrogens (primary N) is 1. The third-order valence-electron chi connectivity index (χ3n) is 5.23. The predicted molar refractivity (Wildman–Crippen MR) is 112 cm³/mol. The summed E-state index contributed by atoms with van der Waals surface area (Å²) in [7, 11) is 0. The summed E-state index contributed by atoms with van der Waals surface area (Å²) in [6, 6.07) is 6.48. The van der Waals surface area contributed by atoms with E-state index < -0.39 is 18.4 Å². The van der Waals surface area contributed by atoms with E-state index in [1.54, 1.807) is 0 Å². The van der Waals surface area contributed by atoms with Gasteiger partial charge in [-0.1, -0.05) is 6.08 Å². The molecule has 0 spiro atoms. The number of hydrogen-bond acceptors (Lipinski definition) is 7. The highest BCUT2D eigenvalue weighted by Gasteiger charge is 2.31. The molecule has 1 aliphatic carbocycles. The molecule has 12 heteroatoms. The number of nitrogens with zero attached hydrogens (tertiary/aromatic N) is 2. The van der Waals surface area contributed by atoms with E-state index in [0.29, 0.717) is 38.0 Å². The third kappa shape index (κ3) is 5.94. The van der Waals surface area contributed by atoms with Crippen LogP contribution in [0.5, 0.6) is 17.4 Å². The van der Waals surface area contributed by atoms with Gasteiger partial charge in [-0.05, 0) is 42.7 Å². The topological polar surface area (TPSA) is 126 Å². The van der Waals surface area contributed by atoms with Crippen molar-refractivity contribution in [1.82, 2.24) is 15.3 Å². The maximum absolute atomic E-state index is 12.3. The van der Waals surface area contributed by atoms with Gasteiger partial charge in [0, 0.05) is 25.5 Å². The maximum Gasteiger partial charge on any atom is 0.573 e. The van der Waals surface area contributed by atoms with Crippen molar-refractivity contribution in [3.63, 3.8) is 0 Å². The van der Waals surface area contributed by atoms with Crippen LogP contribution in [0.25, 0.3) is 5.57 Å². The largest absolute Gasteiger partial charge is 0.573 e. The highest BCUT2D eigenvalue weighted by molar-refractivity contribution is 5.91. The zero-order valence-corrected chi connectivity index (χ0v) is 17.8. The second-order valence-corrected chi connectivity index (χ2v) is 7.73. The van der Waals surface area contributed by atoms with Crippen LogP contribution in [0.2, 0.25) is 0 Å². The van der Waals surface area contributed by atoms with Gasteiger partial charge in [-0.3, -0.25) is 9.59 Å². The van der Waals surface area contributed by atoms with Crippen molar-refractivity contribution in [3.05, 3.63) is 47.9 Å². The van der Waals surface area contributed by atoms with Crippen LogP contribution in [0.4, 0.5) is 13.2 Å². The molecule has 2 amide bonds. The molecule has 9 nitrogen and oxygen atoms in total. The number of rotatable bonds is 7. The molecule has 180 valence electrons. The molecule has 34 heavy (non-hydrogen) atoms. The molecule has 1 fully saturated rings. The van der Waals surface area contributed by atoms with Crippen molar-refractivity contribution in [2.45, 2.75) is 44.3 Å². The van der Waals surface area contributed by atoms with Gasteiger partial charge in [0.15, 0.2) is 11.9 Å². The summed E-state index contributed by atoms with van der Waals surface area (Å²) in [6.07, 6.45) is -1.73. The molecule has 2 aliphatic rings. The van der Waals surface area contributed by atoms with Gasteiger partial charge in [0.05, 0.1) is 0 Å². The van der Waals surface area contributed by atoms with Gasteiger partial charge in [-0.15, -0.1) is 13.2 Å². The van der Waals surface area contributed by atoms with Crippen LogP contribution in [-0.4, -0.2) is 46.9 Å². The molecular formula is C22H21F3N4O5. The van der Waals surface area contributed by atoms with Crippen LogP contribution >= 0.6 is 0 Å². The number of benzene rings is 1.